The van der Waals surface area contributed by atoms with E-state index in [1.54, 1.807) is 52.0 Å². The highest BCUT2D eigenvalue weighted by atomic mass is 32.2. The van der Waals surface area contributed by atoms with Crippen LogP contribution in [0.3, 0.4) is 0 Å². The first-order valence-electron chi connectivity index (χ1n) is 23.7. The number of amides is 9. The van der Waals surface area contributed by atoms with Crippen LogP contribution in [0.5, 0.6) is 0 Å². The molecule has 0 saturated carbocycles. The van der Waals surface area contributed by atoms with Gasteiger partial charge in [-0.3, -0.25) is 43.4 Å². The van der Waals surface area contributed by atoms with Gasteiger partial charge in [-0.05, 0) is 86.6 Å². The highest BCUT2D eigenvalue weighted by Crippen LogP contribution is 2.27. The number of hydrogen-bond acceptors (Lipinski definition) is 12. The van der Waals surface area contributed by atoms with Gasteiger partial charge in [0.1, 0.15) is 18.7 Å². The number of carbonyl (C=O) groups excluding carboxylic acids is 9. The Kier molecular flexibility index (Phi) is 27.4. The maximum atomic E-state index is 13.7. The fraction of sp³-hybridized carbons (Fsp3) is 0.681. The van der Waals surface area contributed by atoms with Crippen molar-refractivity contribution in [3.63, 3.8) is 0 Å². The molecular weight excluding hydrogens is 883 g/mol. The molecule has 4 atom stereocenters. The Balaban J connectivity index is 1.83. The topological polar surface area (TPSA) is 296 Å². The Labute approximate surface area is 400 Å². The van der Waals surface area contributed by atoms with Crippen LogP contribution in [-0.4, -0.2) is 126 Å². The van der Waals surface area contributed by atoms with Crippen LogP contribution >= 0.6 is 11.8 Å². The average Bonchev–Trinajstić information content (AvgIpc) is 3.54. The number of nitrogens with one attached hydrogen (secondary N) is 4. The number of unbranched alkanes of at least 4 members (excludes halogenated alkanes) is 6. The number of thioether (sulfide) groups is 1. The van der Waals surface area contributed by atoms with E-state index in [0.29, 0.717) is 56.3 Å². The second-order valence-electron chi connectivity index (χ2n) is 17.8. The minimum Gasteiger partial charge on any atom is -0.445 e. The molecule has 1 unspecified atom stereocenters. The zero-order chi connectivity index (χ0) is 49.9. The third-order valence-electron chi connectivity index (χ3n) is 11.4. The molecule has 20 heteroatoms. The number of urea groups is 1. The highest BCUT2D eigenvalue weighted by Gasteiger charge is 2.38. The standard InChI is InChI=1S/C47H77N9O10S/c1-31(2)41(54-39(59)18-9-6-13-26-56-40(60)29-37(45(56)63)67-27-14-7-10-17-38(58)51-24-12-8-11-23-48)44(62)53-35(16-15-25-52-46(50)64)36(57)28-33-19-21-34(22-20-33)30-66-47(65)55(5)42(32(3)4)43(49)61/h19-22,31-32,35,37,41-42H,6-18,23-30,48H2,1-5H3,(H2,49,61)(H,51,58)(H,53,62)(H,54,59)(H3,50,52,64)/t35-,37?,41-,42-/m0/s1. The number of likely N-dealkylation sites (N-methyl/N-ethyl adjacent to an activating group) is 1. The number of nitrogens with two attached hydrogens (primary N) is 3. The minimum atomic E-state index is -0.948. The summed E-state index contributed by atoms with van der Waals surface area (Å²) in [6.45, 7) is 8.79. The van der Waals surface area contributed by atoms with Gasteiger partial charge in [0, 0.05) is 52.4 Å². The number of benzene rings is 1. The predicted octanol–water partition coefficient (Wildman–Crippen LogP) is 3.18. The second-order valence-corrected chi connectivity index (χ2v) is 19.1. The zero-order valence-electron chi connectivity index (χ0n) is 40.2. The van der Waals surface area contributed by atoms with Crippen LogP contribution in [0.2, 0.25) is 0 Å². The number of nitrogens with zero attached hydrogens (tertiary/aromatic N) is 2. The predicted molar refractivity (Wildman–Crippen MR) is 257 cm³/mol. The molecule has 1 aromatic rings. The third kappa shape index (κ3) is 22.4. The van der Waals surface area contributed by atoms with Crippen LogP contribution in [-0.2, 0) is 51.3 Å². The number of hydrogen-bond donors (Lipinski definition) is 7. The van der Waals surface area contributed by atoms with E-state index >= 15 is 0 Å². The first-order valence-corrected chi connectivity index (χ1v) is 24.8. The normalized spacial score (nSPS) is 14.9. The molecule has 0 aromatic heterocycles. The summed E-state index contributed by atoms with van der Waals surface area (Å²) in [6.07, 6.45) is 7.47. The van der Waals surface area contributed by atoms with E-state index < -0.39 is 47.3 Å². The third-order valence-corrected chi connectivity index (χ3v) is 12.7. The average molecular weight is 960 g/mol. The molecule has 19 nitrogen and oxygen atoms in total. The fourth-order valence-electron chi connectivity index (χ4n) is 7.58. The smallest absolute Gasteiger partial charge is 0.410 e. The number of Topliss-reactive ketones (excluding diaryl/α,β-unsaturated/α-hetero) is 1. The van der Waals surface area contributed by atoms with Crippen molar-refractivity contribution in [1.29, 1.82) is 0 Å². The molecule has 1 heterocycles. The van der Waals surface area contributed by atoms with Gasteiger partial charge in [0.2, 0.25) is 35.4 Å². The molecule has 2 rings (SSSR count). The van der Waals surface area contributed by atoms with Gasteiger partial charge in [0.05, 0.1) is 11.3 Å². The summed E-state index contributed by atoms with van der Waals surface area (Å²) in [5.74, 6) is -1.97. The highest BCUT2D eigenvalue weighted by molar-refractivity contribution is 8.00. The molecule has 0 aliphatic carbocycles. The maximum Gasteiger partial charge on any atom is 0.410 e. The van der Waals surface area contributed by atoms with Crippen molar-refractivity contribution in [3.05, 3.63) is 35.4 Å². The molecule has 67 heavy (non-hydrogen) atoms. The molecule has 0 spiro atoms. The SMILES string of the molecule is CC(C)[C@H](NC(=O)CCCCCN1C(=O)CC(SCCCCCC(=O)NCCCCCN)C1=O)C(=O)N[C@@H](CCCNC(N)=O)C(=O)Cc1ccc(COC(=O)N(C)[C@H](C(N)=O)C(C)C)cc1. The molecule has 1 fully saturated rings. The number of ether oxygens (including phenoxy) is 1. The van der Waals surface area contributed by atoms with Crippen LogP contribution in [0.1, 0.15) is 129 Å². The summed E-state index contributed by atoms with van der Waals surface area (Å²) in [5, 5.41) is 10.6. The number of rotatable bonds is 34. The lowest BCUT2D eigenvalue weighted by Gasteiger charge is -2.27. The monoisotopic (exact) mass is 960 g/mol. The second kappa shape index (κ2) is 31.7. The molecule has 1 aliphatic rings. The van der Waals surface area contributed by atoms with Crippen LogP contribution in [0, 0.1) is 11.8 Å². The van der Waals surface area contributed by atoms with Gasteiger partial charge in [-0.25, -0.2) is 9.59 Å². The molecule has 376 valence electrons. The lowest BCUT2D eigenvalue weighted by Crippen LogP contribution is -2.54. The Morgan fingerprint density at radius 1 is 0.776 bits per heavy atom. The van der Waals surface area contributed by atoms with E-state index in [-0.39, 0.29) is 86.6 Å². The fourth-order valence-corrected chi connectivity index (χ4v) is 8.77. The van der Waals surface area contributed by atoms with E-state index in [1.807, 2.05) is 0 Å². The zero-order valence-corrected chi connectivity index (χ0v) is 41.1. The Hall–Kier alpha value is -5.24. The first-order chi connectivity index (χ1) is 31.9. The van der Waals surface area contributed by atoms with Crippen molar-refractivity contribution < 1.29 is 47.9 Å². The summed E-state index contributed by atoms with van der Waals surface area (Å²) in [4.78, 5) is 116. The molecular formula is C47H77N9O10S. The van der Waals surface area contributed by atoms with Crippen molar-refractivity contribution in [2.45, 2.75) is 154 Å². The number of imide groups is 1. The van der Waals surface area contributed by atoms with Gasteiger partial charge in [-0.15, -0.1) is 11.8 Å². The number of ketones is 1. The summed E-state index contributed by atoms with van der Waals surface area (Å²) < 4.78 is 5.37. The molecule has 10 N–H and O–H groups in total. The summed E-state index contributed by atoms with van der Waals surface area (Å²) >= 11 is 1.48. The Bertz CT molecular complexity index is 1780. The largest absolute Gasteiger partial charge is 0.445 e. The molecule has 0 bridgehead atoms. The molecule has 0 radical (unpaired) electrons. The van der Waals surface area contributed by atoms with Crippen molar-refractivity contribution in [2.75, 3.05) is 39.0 Å². The summed E-state index contributed by atoms with van der Waals surface area (Å²) in [5.41, 5.74) is 17.4. The molecule has 1 saturated heterocycles. The molecule has 1 aliphatic heterocycles. The maximum absolute atomic E-state index is 13.7. The first kappa shape index (κ1) is 57.9. The van der Waals surface area contributed by atoms with E-state index in [2.05, 4.69) is 21.3 Å². The number of carbonyl (C=O) groups is 9. The van der Waals surface area contributed by atoms with Crippen LogP contribution in [0.25, 0.3) is 0 Å². The Morgan fingerprint density at radius 3 is 2.03 bits per heavy atom. The van der Waals surface area contributed by atoms with Gasteiger partial charge in [-0.2, -0.15) is 0 Å². The van der Waals surface area contributed by atoms with E-state index in [4.69, 9.17) is 21.9 Å². The number of primary amides is 2. The van der Waals surface area contributed by atoms with Gasteiger partial charge < -0.3 is 43.2 Å². The Morgan fingerprint density at radius 2 is 1.40 bits per heavy atom. The lowest BCUT2D eigenvalue weighted by atomic mass is 9.97. The van der Waals surface area contributed by atoms with Crippen molar-refractivity contribution in [2.24, 2.45) is 29.0 Å². The van der Waals surface area contributed by atoms with E-state index in [1.165, 1.54) is 23.7 Å². The lowest BCUT2D eigenvalue weighted by molar-refractivity contribution is -0.138. The summed E-state index contributed by atoms with van der Waals surface area (Å²) in [7, 11) is 1.44. The van der Waals surface area contributed by atoms with Crippen LogP contribution in [0.15, 0.2) is 24.3 Å². The van der Waals surface area contributed by atoms with Gasteiger partial charge in [0.15, 0.2) is 5.78 Å². The summed E-state index contributed by atoms with van der Waals surface area (Å²) in [6, 6.07) is 3.36. The number of likely N-dealkylation sites (tertiary alicyclic amines) is 1. The quantitative estimate of drug-likeness (QED) is 0.0387. The molecule has 9 amide bonds. The van der Waals surface area contributed by atoms with Crippen LogP contribution < -0.4 is 38.5 Å². The van der Waals surface area contributed by atoms with Crippen molar-refractivity contribution in [3.8, 4) is 0 Å². The van der Waals surface area contributed by atoms with E-state index in [9.17, 15) is 43.2 Å². The van der Waals surface area contributed by atoms with Crippen molar-refractivity contribution in [1.82, 2.24) is 31.1 Å². The van der Waals surface area contributed by atoms with Crippen LogP contribution in [0.4, 0.5) is 9.59 Å². The molecule has 1 aromatic carbocycles. The minimum absolute atomic E-state index is 0.0436. The van der Waals surface area contributed by atoms with Crippen molar-refractivity contribution >= 4 is 65.1 Å². The van der Waals surface area contributed by atoms with E-state index in [0.717, 1.165) is 49.2 Å². The van der Waals surface area contributed by atoms with Gasteiger partial charge in [-0.1, -0.05) is 71.2 Å². The van der Waals surface area contributed by atoms with Gasteiger partial charge >= 0.3 is 12.1 Å². The van der Waals surface area contributed by atoms with Gasteiger partial charge in [0.25, 0.3) is 0 Å².